The summed E-state index contributed by atoms with van der Waals surface area (Å²) in [7, 11) is 0. The van der Waals surface area contributed by atoms with E-state index in [0.717, 1.165) is 16.7 Å². The van der Waals surface area contributed by atoms with Crippen LogP contribution in [-0.2, 0) is 9.59 Å². The highest BCUT2D eigenvalue weighted by atomic mass is 32.2. The lowest BCUT2D eigenvalue weighted by molar-refractivity contribution is -0.144. The minimum absolute atomic E-state index is 0.267. The summed E-state index contributed by atoms with van der Waals surface area (Å²) in [6.07, 6.45) is 2.99. The van der Waals surface area contributed by atoms with Crippen molar-refractivity contribution < 1.29 is 14.7 Å². The number of rotatable bonds is 3. The number of carbonyl (C=O) groups is 2. The quantitative estimate of drug-likeness (QED) is 0.599. The summed E-state index contributed by atoms with van der Waals surface area (Å²) in [4.78, 5) is 23.9. The molecule has 80 valence electrons. The van der Waals surface area contributed by atoms with Crippen LogP contribution in [0.2, 0.25) is 0 Å². The van der Waals surface area contributed by atoms with Gasteiger partial charge in [0.2, 0.25) is 0 Å². The Kier molecular flexibility index (Phi) is 3.65. The van der Waals surface area contributed by atoms with Gasteiger partial charge in [-0.15, -0.1) is 0 Å². The number of hydrogen-bond donors (Lipinski definition) is 1. The van der Waals surface area contributed by atoms with Gasteiger partial charge in [-0.25, -0.2) is 4.79 Å². The lowest BCUT2D eigenvalue weighted by Gasteiger charge is -2.18. The smallest absolute Gasteiger partial charge is 0.326 e. The van der Waals surface area contributed by atoms with Gasteiger partial charge in [0.15, 0.2) is 0 Å². The van der Waals surface area contributed by atoms with Gasteiger partial charge in [-0.05, 0) is 13.0 Å². The van der Waals surface area contributed by atoms with Crippen LogP contribution in [0.15, 0.2) is 23.6 Å². The Hall–Kier alpha value is -1.14. The second-order valence-corrected chi connectivity index (χ2v) is 4.50. The standard InChI is InChI=1S/C9H9NO3S2/c1-3-4-6-7(11)10(9(14)15-6)5(2)8(12)13/h3-5H,1H2,2H3,(H,12,13)/b6-4-. The first-order valence-corrected chi connectivity index (χ1v) is 5.32. The molecule has 4 nitrogen and oxygen atoms in total. The number of carboxylic acid groups (broad SMARTS) is 1. The molecule has 1 rings (SSSR count). The van der Waals surface area contributed by atoms with Crippen molar-refractivity contribution >= 4 is 40.2 Å². The first kappa shape index (κ1) is 11.9. The molecule has 0 bridgehead atoms. The van der Waals surface area contributed by atoms with Crippen LogP contribution < -0.4 is 0 Å². The van der Waals surface area contributed by atoms with Crippen molar-refractivity contribution in [3.05, 3.63) is 23.6 Å². The van der Waals surface area contributed by atoms with E-state index >= 15 is 0 Å². The lowest BCUT2D eigenvalue weighted by Crippen LogP contribution is -2.41. The zero-order valence-corrected chi connectivity index (χ0v) is 9.60. The molecule has 1 N–H and O–H groups in total. The van der Waals surface area contributed by atoms with Crippen molar-refractivity contribution in [1.82, 2.24) is 4.90 Å². The largest absolute Gasteiger partial charge is 0.480 e. The fourth-order valence-electron chi connectivity index (χ4n) is 1.05. The molecule has 1 fully saturated rings. The van der Waals surface area contributed by atoms with Gasteiger partial charge < -0.3 is 5.11 Å². The van der Waals surface area contributed by atoms with Crippen molar-refractivity contribution in [3.63, 3.8) is 0 Å². The predicted octanol–water partition coefficient (Wildman–Crippen LogP) is 1.39. The summed E-state index contributed by atoms with van der Waals surface area (Å²) in [6, 6.07) is -0.937. The van der Waals surface area contributed by atoms with E-state index in [2.05, 4.69) is 6.58 Å². The van der Waals surface area contributed by atoms with E-state index in [-0.39, 0.29) is 10.2 Å². The summed E-state index contributed by atoms with van der Waals surface area (Å²) in [5.74, 6) is -1.45. The summed E-state index contributed by atoms with van der Waals surface area (Å²) in [5, 5.41) is 8.79. The molecule has 15 heavy (non-hydrogen) atoms. The molecule has 1 aliphatic heterocycles. The van der Waals surface area contributed by atoms with E-state index in [1.807, 2.05) is 0 Å². The molecule has 0 aliphatic carbocycles. The monoisotopic (exact) mass is 243 g/mol. The number of amides is 1. The summed E-state index contributed by atoms with van der Waals surface area (Å²) >= 11 is 6.02. The molecule has 6 heteroatoms. The summed E-state index contributed by atoms with van der Waals surface area (Å²) in [5.41, 5.74) is 0. The molecule has 0 saturated carbocycles. The molecule has 0 aromatic rings. The molecule has 1 amide bonds. The number of carbonyl (C=O) groups excluding carboxylic acids is 1. The number of aliphatic carboxylic acids is 1. The molecule has 1 heterocycles. The van der Waals surface area contributed by atoms with E-state index in [1.165, 1.54) is 19.1 Å². The van der Waals surface area contributed by atoms with Gasteiger partial charge in [-0.3, -0.25) is 9.69 Å². The third kappa shape index (κ3) is 2.27. The second kappa shape index (κ2) is 4.59. The summed E-state index contributed by atoms with van der Waals surface area (Å²) < 4.78 is 0.267. The van der Waals surface area contributed by atoms with Gasteiger partial charge in [0.1, 0.15) is 10.4 Å². The average molecular weight is 243 g/mol. The van der Waals surface area contributed by atoms with E-state index in [0.29, 0.717) is 4.91 Å². The second-order valence-electron chi connectivity index (χ2n) is 2.82. The third-order valence-electron chi connectivity index (χ3n) is 1.84. The molecule has 0 aromatic carbocycles. The third-order valence-corrected chi connectivity index (χ3v) is 3.19. The maximum atomic E-state index is 11.7. The highest BCUT2D eigenvalue weighted by Crippen LogP contribution is 2.32. The van der Waals surface area contributed by atoms with Crippen LogP contribution in [0.3, 0.4) is 0 Å². The average Bonchev–Trinajstić information content (AvgIpc) is 2.42. The molecule has 0 aromatic heterocycles. The van der Waals surface area contributed by atoms with E-state index in [4.69, 9.17) is 17.3 Å². The molecule has 0 spiro atoms. The Balaban J connectivity index is 2.98. The van der Waals surface area contributed by atoms with Crippen molar-refractivity contribution in [3.8, 4) is 0 Å². The van der Waals surface area contributed by atoms with E-state index in [1.54, 1.807) is 0 Å². The van der Waals surface area contributed by atoms with Crippen molar-refractivity contribution in [2.75, 3.05) is 0 Å². The number of carboxylic acids is 1. The zero-order valence-electron chi connectivity index (χ0n) is 7.97. The van der Waals surface area contributed by atoms with Crippen LogP contribution in [-0.4, -0.2) is 32.2 Å². The Morgan fingerprint density at radius 1 is 1.73 bits per heavy atom. The molecule has 1 aliphatic rings. The van der Waals surface area contributed by atoms with Crippen LogP contribution in [0.1, 0.15) is 6.92 Å². The maximum Gasteiger partial charge on any atom is 0.326 e. The molecule has 0 radical (unpaired) electrons. The van der Waals surface area contributed by atoms with Gasteiger partial charge in [0.05, 0.1) is 4.91 Å². The van der Waals surface area contributed by atoms with E-state index in [9.17, 15) is 9.59 Å². The predicted molar refractivity (Wildman–Crippen MR) is 62.4 cm³/mol. The SMILES string of the molecule is C=C/C=C1\SC(=S)N(C(C)C(=O)O)C1=O. The van der Waals surface area contributed by atoms with Crippen molar-refractivity contribution in [2.45, 2.75) is 13.0 Å². The molecular weight excluding hydrogens is 234 g/mol. The summed E-state index contributed by atoms with van der Waals surface area (Å²) in [6.45, 7) is 4.89. The number of thiocarbonyl (C=S) groups is 1. The Morgan fingerprint density at radius 3 is 2.80 bits per heavy atom. The highest BCUT2D eigenvalue weighted by molar-refractivity contribution is 8.26. The van der Waals surface area contributed by atoms with Gasteiger partial charge in [-0.2, -0.15) is 0 Å². The Morgan fingerprint density at radius 2 is 2.33 bits per heavy atom. The van der Waals surface area contributed by atoms with Gasteiger partial charge in [0, 0.05) is 0 Å². The number of hydrogen-bond acceptors (Lipinski definition) is 4. The minimum atomic E-state index is -1.08. The van der Waals surface area contributed by atoms with Crippen LogP contribution in [0, 0.1) is 0 Å². The highest BCUT2D eigenvalue weighted by Gasteiger charge is 2.37. The van der Waals surface area contributed by atoms with Crippen molar-refractivity contribution in [2.24, 2.45) is 0 Å². The fourth-order valence-corrected chi connectivity index (χ4v) is 2.43. The normalized spacial score (nSPS) is 20.9. The first-order valence-electron chi connectivity index (χ1n) is 4.10. The van der Waals surface area contributed by atoms with Gasteiger partial charge in [-0.1, -0.05) is 36.6 Å². The number of allylic oxidation sites excluding steroid dienone is 2. The van der Waals surface area contributed by atoms with Crippen LogP contribution >= 0.6 is 24.0 Å². The Labute approximate surface area is 96.6 Å². The van der Waals surface area contributed by atoms with E-state index < -0.39 is 12.0 Å². The Bertz CT molecular complexity index is 376. The topological polar surface area (TPSA) is 57.6 Å². The number of thioether (sulfide) groups is 1. The van der Waals surface area contributed by atoms with Crippen LogP contribution in [0.25, 0.3) is 0 Å². The van der Waals surface area contributed by atoms with Crippen LogP contribution in [0.4, 0.5) is 0 Å². The van der Waals surface area contributed by atoms with Gasteiger partial charge >= 0.3 is 5.97 Å². The lowest BCUT2D eigenvalue weighted by atomic mass is 10.3. The fraction of sp³-hybridized carbons (Fsp3) is 0.222. The molecule has 1 atom stereocenters. The van der Waals surface area contributed by atoms with Crippen molar-refractivity contribution in [1.29, 1.82) is 0 Å². The first-order chi connectivity index (χ1) is 6.99. The zero-order chi connectivity index (χ0) is 11.6. The minimum Gasteiger partial charge on any atom is -0.480 e. The molecular formula is C9H9NO3S2. The molecule has 1 saturated heterocycles. The van der Waals surface area contributed by atoms with Crippen LogP contribution in [0.5, 0.6) is 0 Å². The van der Waals surface area contributed by atoms with Gasteiger partial charge in [0.25, 0.3) is 5.91 Å². The maximum absolute atomic E-state index is 11.7. The number of nitrogens with zero attached hydrogens (tertiary/aromatic N) is 1. The molecule has 1 unspecified atom stereocenters.